The highest BCUT2D eigenvalue weighted by atomic mass is 19.1. The first-order valence-electron chi connectivity index (χ1n) is 7.59. The fraction of sp³-hybridized carbons (Fsp3) is 0.118. The molecule has 3 rings (SSSR count). The second kappa shape index (κ2) is 7.51. The molecule has 0 aliphatic rings. The normalized spacial score (nSPS) is 10.4. The number of nitrogens with zero attached hydrogens (tertiary/aromatic N) is 4. The highest BCUT2D eigenvalue weighted by Gasteiger charge is 2.18. The van der Waals surface area contributed by atoms with Gasteiger partial charge >= 0.3 is 5.97 Å². The smallest absolute Gasteiger partial charge is 0.338 e. The van der Waals surface area contributed by atoms with Crippen LogP contribution >= 0.6 is 0 Å². The molecular weight excluding hydrogens is 341 g/mol. The van der Waals surface area contributed by atoms with Crippen LogP contribution in [0.25, 0.3) is 5.69 Å². The summed E-state index contributed by atoms with van der Waals surface area (Å²) in [6.45, 7) is -0.0160. The van der Waals surface area contributed by atoms with Gasteiger partial charge in [0.2, 0.25) is 0 Å². The number of hydrogen-bond donors (Lipinski definition) is 1. The molecule has 0 saturated heterocycles. The molecule has 3 aromatic rings. The first kappa shape index (κ1) is 17.2. The topological polar surface area (TPSA) is 99.0 Å². The lowest BCUT2D eigenvalue weighted by atomic mass is 10.1. The molecular formula is C17H14FN5O3. The molecule has 9 heteroatoms. The van der Waals surface area contributed by atoms with E-state index in [0.29, 0.717) is 11.5 Å². The van der Waals surface area contributed by atoms with Crippen LogP contribution in [0.3, 0.4) is 0 Å². The van der Waals surface area contributed by atoms with Gasteiger partial charge in [-0.15, -0.1) is 5.10 Å². The summed E-state index contributed by atoms with van der Waals surface area (Å²) >= 11 is 0. The molecule has 0 aliphatic heterocycles. The van der Waals surface area contributed by atoms with Crippen LogP contribution in [0, 0.1) is 5.82 Å². The number of tetrazole rings is 1. The Morgan fingerprint density at radius 1 is 1.15 bits per heavy atom. The maximum atomic E-state index is 13.4. The zero-order valence-corrected chi connectivity index (χ0v) is 13.7. The van der Waals surface area contributed by atoms with E-state index in [1.165, 1.54) is 42.1 Å². The Hall–Kier alpha value is -3.62. The maximum absolute atomic E-state index is 13.4. The Bertz CT molecular complexity index is 957. The van der Waals surface area contributed by atoms with E-state index in [9.17, 15) is 14.0 Å². The molecule has 1 N–H and O–H groups in total. The van der Waals surface area contributed by atoms with E-state index < -0.39 is 17.7 Å². The van der Waals surface area contributed by atoms with Gasteiger partial charge in [0.15, 0.2) is 5.82 Å². The van der Waals surface area contributed by atoms with Gasteiger partial charge < -0.3 is 10.1 Å². The van der Waals surface area contributed by atoms with Crippen LogP contribution in [-0.2, 0) is 11.3 Å². The lowest BCUT2D eigenvalue weighted by molar-refractivity contribution is 0.0596. The van der Waals surface area contributed by atoms with E-state index in [-0.39, 0.29) is 17.7 Å². The van der Waals surface area contributed by atoms with Gasteiger partial charge in [0.25, 0.3) is 5.91 Å². The van der Waals surface area contributed by atoms with E-state index in [2.05, 4.69) is 25.6 Å². The van der Waals surface area contributed by atoms with Gasteiger partial charge in [0.05, 0.1) is 30.5 Å². The second-order valence-electron chi connectivity index (χ2n) is 5.21. The molecule has 0 atom stereocenters. The average molecular weight is 355 g/mol. The van der Waals surface area contributed by atoms with Crippen LogP contribution in [-0.4, -0.2) is 39.2 Å². The molecule has 1 amide bonds. The first-order valence-corrected chi connectivity index (χ1v) is 7.59. The van der Waals surface area contributed by atoms with Gasteiger partial charge in [0.1, 0.15) is 5.82 Å². The molecule has 26 heavy (non-hydrogen) atoms. The number of benzene rings is 2. The lowest BCUT2D eigenvalue weighted by Gasteiger charge is -2.09. The quantitative estimate of drug-likeness (QED) is 0.697. The zero-order valence-electron chi connectivity index (χ0n) is 13.7. The molecule has 0 fully saturated rings. The molecule has 132 valence electrons. The van der Waals surface area contributed by atoms with Gasteiger partial charge in [-0.3, -0.25) is 4.79 Å². The fourth-order valence-corrected chi connectivity index (χ4v) is 2.35. The Morgan fingerprint density at radius 3 is 2.65 bits per heavy atom. The summed E-state index contributed by atoms with van der Waals surface area (Å²) in [7, 11) is 1.24. The van der Waals surface area contributed by atoms with E-state index >= 15 is 0 Å². The van der Waals surface area contributed by atoms with Crippen LogP contribution in [0.2, 0.25) is 0 Å². The van der Waals surface area contributed by atoms with Crippen molar-refractivity contribution in [1.82, 2.24) is 25.5 Å². The molecule has 8 nitrogen and oxygen atoms in total. The first-order chi connectivity index (χ1) is 12.6. The number of amides is 1. The molecule has 1 heterocycles. The summed E-state index contributed by atoms with van der Waals surface area (Å²) in [4.78, 5) is 24.2. The summed E-state index contributed by atoms with van der Waals surface area (Å²) < 4.78 is 19.4. The van der Waals surface area contributed by atoms with Crippen LogP contribution in [0.15, 0.2) is 48.5 Å². The van der Waals surface area contributed by atoms with Gasteiger partial charge in [-0.25, -0.2) is 9.18 Å². The van der Waals surface area contributed by atoms with Gasteiger partial charge in [-0.2, -0.15) is 4.68 Å². The largest absolute Gasteiger partial charge is 0.465 e. The molecule has 0 unspecified atom stereocenters. The molecule has 0 bridgehead atoms. The number of ether oxygens (including phenoxy) is 1. The summed E-state index contributed by atoms with van der Waals surface area (Å²) in [6, 6.07) is 12.0. The fourth-order valence-electron chi connectivity index (χ4n) is 2.35. The predicted octanol–water partition coefficient (Wildman–Crippen LogP) is 1.52. The Morgan fingerprint density at radius 2 is 1.92 bits per heavy atom. The third-order valence-corrected chi connectivity index (χ3v) is 3.57. The van der Waals surface area contributed by atoms with Crippen molar-refractivity contribution >= 4 is 11.9 Å². The lowest BCUT2D eigenvalue weighted by Crippen LogP contribution is -2.26. The third-order valence-electron chi connectivity index (χ3n) is 3.57. The summed E-state index contributed by atoms with van der Waals surface area (Å²) in [5.41, 5.74) is 0.746. The Labute approximate surface area is 147 Å². The van der Waals surface area contributed by atoms with Crippen LogP contribution in [0.5, 0.6) is 0 Å². The number of rotatable bonds is 5. The molecule has 0 spiro atoms. The minimum Gasteiger partial charge on any atom is -0.465 e. The van der Waals surface area contributed by atoms with Crippen molar-refractivity contribution in [3.8, 4) is 5.69 Å². The van der Waals surface area contributed by atoms with Crippen molar-refractivity contribution in [2.45, 2.75) is 6.54 Å². The van der Waals surface area contributed by atoms with E-state index in [1.54, 1.807) is 18.2 Å². The second-order valence-corrected chi connectivity index (χ2v) is 5.21. The highest BCUT2D eigenvalue weighted by Crippen LogP contribution is 2.12. The van der Waals surface area contributed by atoms with Gasteiger partial charge in [-0.1, -0.05) is 18.2 Å². The minimum atomic E-state index is -0.611. The molecule has 0 radical (unpaired) electrons. The molecule has 0 aliphatic carbocycles. The number of nitrogens with one attached hydrogen (secondary N) is 1. The van der Waals surface area contributed by atoms with Crippen LogP contribution < -0.4 is 5.32 Å². The zero-order chi connectivity index (χ0) is 18.5. The number of halogens is 1. The van der Waals surface area contributed by atoms with Gasteiger partial charge in [-0.05, 0) is 40.8 Å². The highest BCUT2D eigenvalue weighted by molar-refractivity contribution is 6.05. The SMILES string of the molecule is COC(=O)c1ccccc1C(=O)NCc1nnnn1-c1cccc(F)c1. The van der Waals surface area contributed by atoms with Crippen molar-refractivity contribution in [1.29, 1.82) is 0 Å². The third kappa shape index (κ3) is 3.56. The number of methoxy groups -OCH3 is 1. The average Bonchev–Trinajstić information content (AvgIpc) is 3.14. The summed E-state index contributed by atoms with van der Waals surface area (Å²) in [6.07, 6.45) is 0. The predicted molar refractivity (Wildman–Crippen MR) is 88.1 cm³/mol. The standard InChI is InChI=1S/C17H14FN5O3/c1-26-17(25)14-8-3-2-7-13(14)16(24)19-10-15-20-21-22-23(15)12-6-4-5-11(18)9-12/h2-9H,10H2,1H3,(H,19,24). The van der Waals surface area contributed by atoms with Crippen molar-refractivity contribution in [3.63, 3.8) is 0 Å². The van der Waals surface area contributed by atoms with Crippen LogP contribution in [0.4, 0.5) is 4.39 Å². The number of carbonyl (C=O) groups excluding carboxylic acids is 2. The molecule has 0 saturated carbocycles. The maximum Gasteiger partial charge on any atom is 0.338 e. The number of esters is 1. The van der Waals surface area contributed by atoms with E-state index in [0.717, 1.165) is 0 Å². The summed E-state index contributed by atoms with van der Waals surface area (Å²) in [5.74, 6) is -1.22. The van der Waals surface area contributed by atoms with Crippen molar-refractivity contribution in [3.05, 3.63) is 71.3 Å². The van der Waals surface area contributed by atoms with Crippen LogP contribution in [0.1, 0.15) is 26.5 Å². The van der Waals surface area contributed by atoms with Crippen molar-refractivity contribution in [2.75, 3.05) is 7.11 Å². The molecule has 2 aromatic carbocycles. The van der Waals surface area contributed by atoms with Gasteiger partial charge in [0, 0.05) is 0 Å². The monoisotopic (exact) mass is 355 g/mol. The number of carbonyl (C=O) groups is 2. The van der Waals surface area contributed by atoms with Crippen molar-refractivity contribution < 1.29 is 18.7 Å². The Balaban J connectivity index is 1.78. The number of aromatic nitrogens is 4. The Kier molecular flexibility index (Phi) is 4.97. The molecule has 1 aromatic heterocycles. The summed E-state index contributed by atoms with van der Waals surface area (Å²) in [5, 5.41) is 13.8. The number of hydrogen-bond acceptors (Lipinski definition) is 6. The van der Waals surface area contributed by atoms with Crippen molar-refractivity contribution in [2.24, 2.45) is 0 Å². The van der Waals surface area contributed by atoms with E-state index in [1.807, 2.05) is 0 Å². The van der Waals surface area contributed by atoms with E-state index in [4.69, 9.17) is 0 Å². The minimum absolute atomic E-state index is 0.0160.